The minimum absolute atomic E-state index is 0.156. The number of hydrogen-bond donors (Lipinski definition) is 1. The molecule has 1 rings (SSSR count). The van der Waals surface area contributed by atoms with E-state index in [1.165, 1.54) is 6.08 Å². The third-order valence-corrected chi connectivity index (χ3v) is 2.41. The predicted molar refractivity (Wildman–Crippen MR) is 74.6 cm³/mol. The van der Waals surface area contributed by atoms with Crippen LogP contribution in [0.25, 0.3) is 6.08 Å². The molecule has 107 valence electrons. The van der Waals surface area contributed by atoms with Crippen molar-refractivity contribution in [2.24, 2.45) is 5.73 Å². The van der Waals surface area contributed by atoms with E-state index in [2.05, 4.69) is 0 Å². The summed E-state index contributed by atoms with van der Waals surface area (Å²) in [6.07, 6.45) is 2.29. The Balaban J connectivity index is 3.10. The highest BCUT2D eigenvalue weighted by Gasteiger charge is 2.23. The van der Waals surface area contributed by atoms with Crippen molar-refractivity contribution in [1.29, 1.82) is 0 Å². The van der Waals surface area contributed by atoms with E-state index in [0.29, 0.717) is 11.3 Å². The molecule has 1 aromatic rings. The lowest BCUT2D eigenvalue weighted by Gasteiger charge is -2.19. The van der Waals surface area contributed by atoms with Crippen LogP contribution in [-0.2, 0) is 14.6 Å². The van der Waals surface area contributed by atoms with Gasteiger partial charge in [-0.05, 0) is 24.6 Å². The average Bonchev–Trinajstić information content (AvgIpc) is 2.46. The zero-order valence-corrected chi connectivity index (χ0v) is 11.2. The molecule has 1 aromatic carbocycles. The van der Waals surface area contributed by atoms with Crippen LogP contribution < -0.4 is 10.6 Å². The number of nitrogens with zero attached hydrogens (tertiary/aromatic N) is 1. The van der Waals surface area contributed by atoms with E-state index in [4.69, 9.17) is 10.5 Å². The number of benzene rings is 1. The van der Waals surface area contributed by atoms with Crippen molar-refractivity contribution < 1.29 is 19.4 Å². The molecule has 0 unspecified atom stereocenters. The predicted octanol–water partition coefficient (Wildman–Crippen LogP) is 1.58. The van der Waals surface area contributed by atoms with Gasteiger partial charge in [0.1, 0.15) is 6.61 Å². The number of nitrogens with two attached hydrogens (primary N) is 1. The van der Waals surface area contributed by atoms with Crippen molar-refractivity contribution in [2.45, 2.75) is 6.92 Å². The van der Waals surface area contributed by atoms with Crippen LogP contribution in [0.3, 0.4) is 0 Å². The second-order valence-corrected chi connectivity index (χ2v) is 3.80. The van der Waals surface area contributed by atoms with Crippen LogP contribution in [0.1, 0.15) is 12.5 Å². The monoisotopic (exact) mass is 277 g/mol. The molecule has 1 radical (unpaired) electrons. The highest BCUT2D eigenvalue weighted by molar-refractivity contribution is 6.13. The van der Waals surface area contributed by atoms with Crippen molar-refractivity contribution in [3.8, 4) is 0 Å². The maximum Gasteiger partial charge on any atom is 0.421 e. The molecule has 2 N–H and O–H groups in total. The normalized spacial score (nSPS) is 10.6. The van der Waals surface area contributed by atoms with Gasteiger partial charge in [-0.2, -0.15) is 0 Å². The van der Waals surface area contributed by atoms with E-state index in [9.17, 15) is 14.7 Å². The van der Waals surface area contributed by atoms with Crippen LogP contribution in [0.4, 0.5) is 10.5 Å². The Kier molecular flexibility index (Phi) is 6.42. The molecule has 0 spiro atoms. The number of anilines is 1. The first-order valence-electron chi connectivity index (χ1n) is 6.18. The van der Waals surface area contributed by atoms with Gasteiger partial charge in [0.2, 0.25) is 5.91 Å². The van der Waals surface area contributed by atoms with E-state index in [1.54, 1.807) is 37.3 Å². The zero-order chi connectivity index (χ0) is 15.0. The molecule has 2 amide bonds. The van der Waals surface area contributed by atoms with Crippen LogP contribution in [0, 0.1) is 0 Å². The molecular weight excluding hydrogens is 260 g/mol. The van der Waals surface area contributed by atoms with Crippen LogP contribution in [0.5, 0.6) is 0 Å². The van der Waals surface area contributed by atoms with Crippen molar-refractivity contribution in [3.63, 3.8) is 0 Å². The average molecular weight is 277 g/mol. The second-order valence-electron chi connectivity index (χ2n) is 3.80. The molecule has 0 bridgehead atoms. The van der Waals surface area contributed by atoms with E-state index in [0.717, 1.165) is 4.90 Å². The van der Waals surface area contributed by atoms with Crippen LogP contribution >= 0.6 is 0 Å². The van der Waals surface area contributed by atoms with E-state index in [1.807, 2.05) is 0 Å². The lowest BCUT2D eigenvalue weighted by atomic mass is 10.1. The SMILES string of the molecule is CCOC(=O)N(C(=O)CN)c1cccc(C=CC[O])c1. The van der Waals surface area contributed by atoms with Gasteiger partial charge in [0.25, 0.3) is 0 Å². The number of carbonyl (C=O) groups is 2. The van der Waals surface area contributed by atoms with Gasteiger partial charge in [0.15, 0.2) is 0 Å². The molecule has 0 fully saturated rings. The van der Waals surface area contributed by atoms with Crippen molar-refractivity contribution in [2.75, 3.05) is 24.7 Å². The van der Waals surface area contributed by atoms with Gasteiger partial charge in [-0.25, -0.2) is 14.8 Å². The first-order chi connectivity index (χ1) is 9.63. The number of amides is 2. The first kappa shape index (κ1) is 15.9. The molecule has 6 heteroatoms. The molecule has 0 heterocycles. The lowest BCUT2D eigenvalue weighted by Crippen LogP contribution is -2.41. The lowest BCUT2D eigenvalue weighted by molar-refractivity contribution is -0.116. The Morgan fingerprint density at radius 3 is 2.75 bits per heavy atom. The Bertz CT molecular complexity index is 500. The molecule has 0 aromatic heterocycles. The largest absolute Gasteiger partial charge is 0.449 e. The van der Waals surface area contributed by atoms with Gasteiger partial charge < -0.3 is 10.5 Å². The van der Waals surface area contributed by atoms with Gasteiger partial charge in [0, 0.05) is 0 Å². The van der Waals surface area contributed by atoms with Crippen LogP contribution in [0.15, 0.2) is 30.3 Å². The topological polar surface area (TPSA) is 92.5 Å². The van der Waals surface area contributed by atoms with Crippen molar-refractivity contribution in [1.82, 2.24) is 0 Å². The molecule has 20 heavy (non-hydrogen) atoms. The molecule has 0 saturated heterocycles. The van der Waals surface area contributed by atoms with Gasteiger partial charge in [0.05, 0.1) is 18.8 Å². The molecule has 6 nitrogen and oxygen atoms in total. The second kappa shape index (κ2) is 8.08. The number of ether oxygens (including phenoxy) is 1. The summed E-state index contributed by atoms with van der Waals surface area (Å²) in [5.41, 5.74) is 6.37. The van der Waals surface area contributed by atoms with E-state index < -0.39 is 12.0 Å². The Labute approximate surface area is 117 Å². The van der Waals surface area contributed by atoms with E-state index >= 15 is 0 Å². The number of hydrogen-bond acceptors (Lipinski definition) is 4. The molecule has 0 aliphatic rings. The summed E-state index contributed by atoms with van der Waals surface area (Å²) in [6, 6.07) is 6.64. The van der Waals surface area contributed by atoms with E-state index in [-0.39, 0.29) is 19.8 Å². The minimum Gasteiger partial charge on any atom is -0.449 e. The number of carbonyl (C=O) groups excluding carboxylic acids is 2. The van der Waals surface area contributed by atoms with Gasteiger partial charge in [-0.3, -0.25) is 4.79 Å². The quantitative estimate of drug-likeness (QED) is 0.884. The fraction of sp³-hybridized carbons (Fsp3) is 0.286. The third kappa shape index (κ3) is 4.18. The van der Waals surface area contributed by atoms with Crippen LogP contribution in [-0.4, -0.2) is 31.8 Å². The standard InChI is InChI=1S/C14H17N2O4/c1-2-20-14(19)16(13(18)10-15)12-7-3-5-11(9-12)6-4-8-17/h3-7,9H,2,8,10,15H2,1H3. The zero-order valence-electron chi connectivity index (χ0n) is 11.2. The summed E-state index contributed by atoms with van der Waals surface area (Å²) in [5.74, 6) is -0.562. The van der Waals surface area contributed by atoms with Crippen molar-refractivity contribution >= 4 is 23.8 Å². The Morgan fingerprint density at radius 1 is 1.40 bits per heavy atom. The molecule has 0 aliphatic carbocycles. The van der Waals surface area contributed by atoms with Crippen molar-refractivity contribution in [3.05, 3.63) is 35.9 Å². The maximum absolute atomic E-state index is 11.8. The first-order valence-corrected chi connectivity index (χ1v) is 6.18. The summed E-state index contributed by atoms with van der Waals surface area (Å²) < 4.78 is 4.85. The fourth-order valence-electron chi connectivity index (χ4n) is 1.58. The summed E-state index contributed by atoms with van der Waals surface area (Å²) in [5, 5.41) is 10.4. The highest BCUT2D eigenvalue weighted by atomic mass is 16.6. The maximum atomic E-state index is 11.8. The summed E-state index contributed by atoms with van der Waals surface area (Å²) in [6.45, 7) is 1.16. The van der Waals surface area contributed by atoms with Gasteiger partial charge in [-0.15, -0.1) is 0 Å². The number of imide groups is 1. The Morgan fingerprint density at radius 2 is 2.15 bits per heavy atom. The molecule has 0 saturated carbocycles. The highest BCUT2D eigenvalue weighted by Crippen LogP contribution is 2.18. The summed E-state index contributed by atoms with van der Waals surface area (Å²) >= 11 is 0. The van der Waals surface area contributed by atoms with Crippen LogP contribution in [0.2, 0.25) is 0 Å². The van der Waals surface area contributed by atoms with Gasteiger partial charge >= 0.3 is 6.09 Å². The Hall–Kier alpha value is -2.18. The molecule has 0 atom stereocenters. The smallest absolute Gasteiger partial charge is 0.421 e. The summed E-state index contributed by atoms with van der Waals surface area (Å²) in [7, 11) is 0. The van der Waals surface area contributed by atoms with Gasteiger partial charge in [-0.1, -0.05) is 24.3 Å². The number of rotatable bonds is 5. The molecular formula is C14H17N2O4. The molecule has 0 aliphatic heterocycles. The fourth-order valence-corrected chi connectivity index (χ4v) is 1.58. The third-order valence-electron chi connectivity index (χ3n) is 2.41. The minimum atomic E-state index is -0.770. The summed E-state index contributed by atoms with van der Waals surface area (Å²) in [4.78, 5) is 24.5.